The highest BCUT2D eigenvalue weighted by Gasteiger charge is 2.11. The molecule has 0 spiro atoms. The fourth-order valence-corrected chi connectivity index (χ4v) is 2.74. The van der Waals surface area contributed by atoms with Gasteiger partial charge < -0.3 is 4.74 Å². The summed E-state index contributed by atoms with van der Waals surface area (Å²) in [6.07, 6.45) is 1.66. The number of halogens is 2. The van der Waals surface area contributed by atoms with E-state index in [1.54, 1.807) is 36.5 Å². The van der Waals surface area contributed by atoms with Crippen LogP contribution in [0.3, 0.4) is 0 Å². The van der Waals surface area contributed by atoms with Gasteiger partial charge in [-0.15, -0.1) is 0 Å². The number of hydrogen-bond acceptors (Lipinski definition) is 3. The van der Waals surface area contributed by atoms with Crippen molar-refractivity contribution in [1.82, 2.24) is 0 Å². The first-order chi connectivity index (χ1) is 12.5. The van der Waals surface area contributed by atoms with Crippen molar-refractivity contribution in [1.29, 1.82) is 0 Å². The van der Waals surface area contributed by atoms with Crippen molar-refractivity contribution < 1.29 is 9.53 Å². The summed E-state index contributed by atoms with van der Waals surface area (Å²) in [5, 5.41) is 0.652. The summed E-state index contributed by atoms with van der Waals surface area (Å²) in [6.45, 7) is 1.97. The number of benzene rings is 3. The Hall–Kier alpha value is -2.43. The predicted octanol–water partition coefficient (Wildman–Crippen LogP) is 6.38. The first kappa shape index (κ1) is 18.4. The number of aryl methyl sites for hydroxylation is 1. The van der Waals surface area contributed by atoms with Gasteiger partial charge in [0.05, 0.1) is 11.3 Å². The molecule has 0 amide bonds. The highest BCUT2D eigenvalue weighted by atomic mass is 79.9. The van der Waals surface area contributed by atoms with Crippen LogP contribution in [0.25, 0.3) is 0 Å². The highest BCUT2D eigenvalue weighted by molar-refractivity contribution is 9.10. The van der Waals surface area contributed by atoms with Crippen molar-refractivity contribution >= 4 is 45.4 Å². The first-order valence-corrected chi connectivity index (χ1v) is 9.06. The number of rotatable bonds is 4. The summed E-state index contributed by atoms with van der Waals surface area (Å²) in [6, 6.07) is 19.8. The molecular formula is C21H15BrClNO2. The number of aliphatic imine (C=N–C) groups is 1. The predicted molar refractivity (Wildman–Crippen MR) is 109 cm³/mol. The Morgan fingerprint density at radius 2 is 1.73 bits per heavy atom. The molecule has 26 heavy (non-hydrogen) atoms. The fourth-order valence-electron chi connectivity index (χ4n) is 2.23. The minimum atomic E-state index is -0.409. The normalized spacial score (nSPS) is 10.9. The van der Waals surface area contributed by atoms with Gasteiger partial charge in [0.1, 0.15) is 5.75 Å². The second-order valence-electron chi connectivity index (χ2n) is 5.67. The lowest BCUT2D eigenvalue weighted by atomic mass is 10.1. The molecule has 0 unspecified atom stereocenters. The maximum Gasteiger partial charge on any atom is 0.343 e. The number of carbonyl (C=O) groups is 1. The number of esters is 1. The Bertz CT molecular complexity index is 951. The van der Waals surface area contributed by atoms with Gasteiger partial charge in [0, 0.05) is 21.3 Å². The standard InChI is InChI=1S/C21H15BrClNO2/c1-14-2-4-15(5-3-14)21(25)26-20-11-6-17(22)12-16(20)13-24-19-9-7-18(23)8-10-19/h2-13H,1H3. The molecule has 0 aliphatic heterocycles. The molecule has 3 aromatic carbocycles. The molecule has 0 radical (unpaired) electrons. The van der Waals surface area contributed by atoms with E-state index in [4.69, 9.17) is 16.3 Å². The molecule has 3 nitrogen and oxygen atoms in total. The van der Waals surface area contributed by atoms with Crippen molar-refractivity contribution in [3.05, 3.63) is 92.9 Å². The molecular weight excluding hydrogens is 414 g/mol. The van der Waals surface area contributed by atoms with Crippen molar-refractivity contribution in [3.8, 4) is 5.75 Å². The molecule has 0 atom stereocenters. The first-order valence-electron chi connectivity index (χ1n) is 7.89. The molecule has 0 aliphatic rings. The highest BCUT2D eigenvalue weighted by Crippen LogP contribution is 2.24. The average molecular weight is 429 g/mol. The SMILES string of the molecule is Cc1ccc(C(=O)Oc2ccc(Br)cc2C=Nc2ccc(Cl)cc2)cc1. The molecule has 0 saturated carbocycles. The van der Waals surface area contributed by atoms with Gasteiger partial charge in [-0.2, -0.15) is 0 Å². The average Bonchev–Trinajstić information content (AvgIpc) is 2.63. The third-order valence-electron chi connectivity index (χ3n) is 3.64. The van der Waals surface area contributed by atoms with Crippen molar-refractivity contribution in [3.63, 3.8) is 0 Å². The van der Waals surface area contributed by atoms with Crippen LogP contribution in [0.1, 0.15) is 21.5 Å². The van der Waals surface area contributed by atoms with E-state index in [-0.39, 0.29) is 0 Å². The van der Waals surface area contributed by atoms with Crippen LogP contribution in [0, 0.1) is 6.92 Å². The topological polar surface area (TPSA) is 38.7 Å². The summed E-state index contributed by atoms with van der Waals surface area (Å²) in [7, 11) is 0. The molecule has 5 heteroatoms. The van der Waals surface area contributed by atoms with Crippen LogP contribution in [-0.2, 0) is 0 Å². The van der Waals surface area contributed by atoms with Gasteiger partial charge in [-0.25, -0.2) is 4.79 Å². The fraction of sp³-hybridized carbons (Fsp3) is 0.0476. The zero-order valence-corrected chi connectivity index (χ0v) is 16.3. The Morgan fingerprint density at radius 3 is 2.42 bits per heavy atom. The summed E-state index contributed by atoms with van der Waals surface area (Å²) in [4.78, 5) is 16.8. The van der Waals surface area contributed by atoms with Crippen molar-refractivity contribution in [2.24, 2.45) is 4.99 Å². The lowest BCUT2D eigenvalue weighted by molar-refractivity contribution is 0.0734. The van der Waals surface area contributed by atoms with E-state index in [0.29, 0.717) is 21.9 Å². The van der Waals surface area contributed by atoms with E-state index in [0.717, 1.165) is 15.7 Å². The maximum absolute atomic E-state index is 12.4. The second kappa shape index (κ2) is 8.30. The largest absolute Gasteiger partial charge is 0.422 e. The van der Waals surface area contributed by atoms with Gasteiger partial charge >= 0.3 is 5.97 Å². The molecule has 0 heterocycles. The van der Waals surface area contributed by atoms with E-state index < -0.39 is 5.97 Å². The van der Waals surface area contributed by atoms with Crippen LogP contribution in [0.2, 0.25) is 5.02 Å². The van der Waals surface area contributed by atoms with Crippen LogP contribution in [0.15, 0.2) is 76.2 Å². The molecule has 0 aliphatic carbocycles. The Morgan fingerprint density at radius 1 is 1.04 bits per heavy atom. The van der Waals surface area contributed by atoms with E-state index in [2.05, 4.69) is 20.9 Å². The summed E-state index contributed by atoms with van der Waals surface area (Å²) in [5.41, 5.74) is 3.03. The lowest BCUT2D eigenvalue weighted by Gasteiger charge is -2.08. The maximum atomic E-state index is 12.4. The Balaban J connectivity index is 1.84. The quantitative estimate of drug-likeness (QED) is 0.275. The molecule has 0 bridgehead atoms. The summed E-state index contributed by atoms with van der Waals surface area (Å²) in [5.74, 6) is 0.0324. The smallest absolute Gasteiger partial charge is 0.343 e. The van der Waals surface area contributed by atoms with Gasteiger partial charge in [0.15, 0.2) is 0 Å². The molecule has 3 rings (SSSR count). The minimum absolute atomic E-state index is 0.409. The number of carbonyl (C=O) groups excluding carboxylic acids is 1. The zero-order chi connectivity index (χ0) is 18.5. The van der Waals surface area contributed by atoms with Crippen molar-refractivity contribution in [2.75, 3.05) is 0 Å². The number of ether oxygens (including phenoxy) is 1. The molecule has 0 aromatic heterocycles. The van der Waals surface area contributed by atoms with Gasteiger partial charge in [0.25, 0.3) is 0 Å². The lowest BCUT2D eigenvalue weighted by Crippen LogP contribution is -2.09. The summed E-state index contributed by atoms with van der Waals surface area (Å²) < 4.78 is 6.43. The van der Waals surface area contributed by atoms with Crippen molar-refractivity contribution in [2.45, 2.75) is 6.92 Å². The molecule has 3 aromatic rings. The van der Waals surface area contributed by atoms with Gasteiger partial charge in [0.2, 0.25) is 0 Å². The van der Waals surface area contributed by atoms with Crippen LogP contribution < -0.4 is 4.74 Å². The molecule has 0 saturated heterocycles. The van der Waals surface area contributed by atoms with Crippen LogP contribution in [0.4, 0.5) is 5.69 Å². The molecule has 0 fully saturated rings. The molecule has 130 valence electrons. The molecule has 0 N–H and O–H groups in total. The van der Waals surface area contributed by atoms with Crippen LogP contribution in [-0.4, -0.2) is 12.2 Å². The zero-order valence-electron chi connectivity index (χ0n) is 13.9. The van der Waals surface area contributed by atoms with E-state index in [9.17, 15) is 4.79 Å². The van der Waals surface area contributed by atoms with Gasteiger partial charge in [-0.3, -0.25) is 4.99 Å². The third kappa shape index (κ3) is 4.81. The number of nitrogens with zero attached hydrogens (tertiary/aromatic N) is 1. The van der Waals surface area contributed by atoms with Crippen LogP contribution in [0.5, 0.6) is 5.75 Å². The number of hydrogen-bond donors (Lipinski definition) is 0. The van der Waals surface area contributed by atoms with Gasteiger partial charge in [-0.05, 0) is 61.5 Å². The summed E-state index contributed by atoms with van der Waals surface area (Å²) >= 11 is 9.32. The minimum Gasteiger partial charge on any atom is -0.422 e. The second-order valence-corrected chi connectivity index (χ2v) is 7.02. The van der Waals surface area contributed by atoms with Gasteiger partial charge in [-0.1, -0.05) is 45.2 Å². The van der Waals surface area contributed by atoms with Crippen LogP contribution >= 0.6 is 27.5 Å². The third-order valence-corrected chi connectivity index (χ3v) is 4.39. The Kier molecular flexibility index (Phi) is 5.86. The monoisotopic (exact) mass is 427 g/mol. The van der Waals surface area contributed by atoms with E-state index in [1.165, 1.54) is 0 Å². The van der Waals surface area contributed by atoms with E-state index >= 15 is 0 Å². The van der Waals surface area contributed by atoms with E-state index in [1.807, 2.05) is 43.3 Å². The Labute approximate surface area is 165 Å².